The van der Waals surface area contributed by atoms with E-state index in [1.165, 1.54) is 0 Å². The van der Waals surface area contributed by atoms with Crippen LogP contribution >= 0.6 is 0 Å². The number of hydrogen-bond donors (Lipinski definition) is 1. The molecule has 2 N–H and O–H groups in total. The number of nitrogens with two attached hydrogens (primary N) is 1. The molecule has 0 aromatic carbocycles. The van der Waals surface area contributed by atoms with Crippen molar-refractivity contribution in [3.05, 3.63) is 24.4 Å². The van der Waals surface area contributed by atoms with Gasteiger partial charge in [-0.05, 0) is 12.8 Å². The molecule has 1 atom stereocenters. The molecule has 0 fully saturated rings. The Labute approximate surface area is 50.9 Å². The van der Waals surface area contributed by atoms with E-state index in [1.54, 1.807) is 0 Å². The molecule has 0 rings (SSSR count). The van der Waals surface area contributed by atoms with E-state index in [0.717, 1.165) is 5.70 Å². The highest BCUT2D eigenvalue weighted by Gasteiger charge is 1.86. The normalized spacial score (nSPS) is 15.5. The monoisotopic (exact) mass is 111 g/mol. The van der Waals surface area contributed by atoms with Crippen LogP contribution in [0.4, 0.5) is 0 Å². The Kier molecular flexibility index (Phi) is 3.01. The summed E-state index contributed by atoms with van der Waals surface area (Å²) in [6.07, 6.45) is 3.82. The topological polar surface area (TPSA) is 26.0 Å². The number of allylic oxidation sites excluding steroid dienone is 3. The Morgan fingerprint density at radius 3 is 2.38 bits per heavy atom. The molecule has 1 nitrogen and oxygen atoms in total. The lowest BCUT2D eigenvalue weighted by Crippen LogP contribution is -1.93. The van der Waals surface area contributed by atoms with E-state index in [0.29, 0.717) is 5.92 Å². The van der Waals surface area contributed by atoms with E-state index in [2.05, 4.69) is 6.58 Å². The summed E-state index contributed by atoms with van der Waals surface area (Å²) in [5.41, 5.74) is 6.24. The van der Waals surface area contributed by atoms with Gasteiger partial charge < -0.3 is 5.73 Å². The van der Waals surface area contributed by atoms with Crippen molar-refractivity contribution in [2.45, 2.75) is 13.8 Å². The molecule has 0 aromatic heterocycles. The molecule has 1 heteroatoms. The molecular formula is C7H13N. The maximum absolute atomic E-state index is 5.38. The highest BCUT2D eigenvalue weighted by atomic mass is 14.5. The molecule has 46 valence electrons. The van der Waals surface area contributed by atoms with Crippen LogP contribution in [0.5, 0.6) is 0 Å². The first-order chi connectivity index (χ1) is 3.66. The Bertz CT molecular complexity index is 99.0. The summed E-state index contributed by atoms with van der Waals surface area (Å²) >= 11 is 0. The molecule has 0 heterocycles. The predicted octanol–water partition coefficient (Wildman–Crippen LogP) is 1.67. The van der Waals surface area contributed by atoms with Crippen molar-refractivity contribution < 1.29 is 0 Å². The van der Waals surface area contributed by atoms with Crippen molar-refractivity contribution in [2.75, 3.05) is 0 Å². The van der Waals surface area contributed by atoms with Gasteiger partial charge in [0.1, 0.15) is 0 Å². The van der Waals surface area contributed by atoms with Crippen LogP contribution in [0.15, 0.2) is 24.4 Å². The molecule has 0 saturated carbocycles. The minimum atomic E-state index is 0.403. The van der Waals surface area contributed by atoms with Gasteiger partial charge in [0.05, 0.1) is 0 Å². The molecule has 0 amide bonds. The predicted molar refractivity (Wildman–Crippen MR) is 37.3 cm³/mol. The van der Waals surface area contributed by atoms with Gasteiger partial charge >= 0.3 is 0 Å². The van der Waals surface area contributed by atoms with Crippen LogP contribution in [0.25, 0.3) is 0 Å². The fourth-order valence-electron chi connectivity index (χ4n) is 0.483. The van der Waals surface area contributed by atoms with Crippen LogP contribution in [0.2, 0.25) is 0 Å². The minimum absolute atomic E-state index is 0.403. The lowest BCUT2D eigenvalue weighted by atomic mass is 10.1. The second-order valence-corrected chi connectivity index (χ2v) is 2.01. The molecule has 0 aliphatic carbocycles. The third-order valence-electron chi connectivity index (χ3n) is 0.898. The summed E-state index contributed by atoms with van der Waals surface area (Å²) in [5.74, 6) is 0.403. The van der Waals surface area contributed by atoms with Gasteiger partial charge in [0.2, 0.25) is 0 Å². The van der Waals surface area contributed by atoms with E-state index in [9.17, 15) is 0 Å². The molecule has 8 heavy (non-hydrogen) atoms. The quantitative estimate of drug-likeness (QED) is 0.539. The highest BCUT2D eigenvalue weighted by molar-refractivity contribution is 5.00. The smallest absolute Gasteiger partial charge is 0.00142 e. The fourth-order valence-corrected chi connectivity index (χ4v) is 0.483. The van der Waals surface area contributed by atoms with Gasteiger partial charge in [-0.2, -0.15) is 0 Å². The molecular weight excluding hydrogens is 98.1 g/mol. The summed E-state index contributed by atoms with van der Waals surface area (Å²) in [5, 5.41) is 0. The van der Waals surface area contributed by atoms with E-state index in [-0.39, 0.29) is 0 Å². The van der Waals surface area contributed by atoms with Crippen molar-refractivity contribution in [3.63, 3.8) is 0 Å². The maximum atomic E-state index is 5.38. The summed E-state index contributed by atoms with van der Waals surface area (Å²) in [6.45, 7) is 7.53. The van der Waals surface area contributed by atoms with Gasteiger partial charge in [-0.1, -0.05) is 19.1 Å². The van der Waals surface area contributed by atoms with Crippen molar-refractivity contribution >= 4 is 0 Å². The lowest BCUT2D eigenvalue weighted by molar-refractivity contribution is 0.924. The summed E-state index contributed by atoms with van der Waals surface area (Å²) in [4.78, 5) is 0. The van der Waals surface area contributed by atoms with Crippen molar-refractivity contribution in [1.29, 1.82) is 0 Å². The van der Waals surface area contributed by atoms with Gasteiger partial charge in [-0.3, -0.25) is 0 Å². The molecule has 0 bridgehead atoms. The zero-order valence-electron chi connectivity index (χ0n) is 5.52. The highest BCUT2D eigenvalue weighted by Crippen LogP contribution is 1.98. The standard InChI is InChI=1S/C7H13N/c1-4-6(2)5-7(3)8/h4-6H,1,8H2,2-3H3/b7-5-. The van der Waals surface area contributed by atoms with Crippen LogP contribution < -0.4 is 5.73 Å². The van der Waals surface area contributed by atoms with E-state index < -0.39 is 0 Å². The molecule has 0 aliphatic rings. The Morgan fingerprint density at radius 1 is 1.75 bits per heavy atom. The van der Waals surface area contributed by atoms with Crippen LogP contribution in [0, 0.1) is 5.92 Å². The van der Waals surface area contributed by atoms with E-state index >= 15 is 0 Å². The van der Waals surface area contributed by atoms with Crippen molar-refractivity contribution in [1.82, 2.24) is 0 Å². The minimum Gasteiger partial charge on any atom is -0.403 e. The van der Waals surface area contributed by atoms with Crippen molar-refractivity contribution in [2.24, 2.45) is 11.7 Å². The van der Waals surface area contributed by atoms with Crippen LogP contribution in [-0.4, -0.2) is 0 Å². The molecule has 0 radical (unpaired) electrons. The first-order valence-electron chi connectivity index (χ1n) is 2.73. The van der Waals surface area contributed by atoms with Gasteiger partial charge in [-0.25, -0.2) is 0 Å². The Balaban J connectivity index is 3.68. The molecule has 0 aliphatic heterocycles. The largest absolute Gasteiger partial charge is 0.403 e. The van der Waals surface area contributed by atoms with Gasteiger partial charge in [0.25, 0.3) is 0 Å². The summed E-state index contributed by atoms with van der Waals surface area (Å²) < 4.78 is 0. The van der Waals surface area contributed by atoms with E-state index in [1.807, 2.05) is 26.0 Å². The lowest BCUT2D eigenvalue weighted by Gasteiger charge is -1.95. The number of rotatable bonds is 2. The average molecular weight is 111 g/mol. The Morgan fingerprint density at radius 2 is 2.25 bits per heavy atom. The van der Waals surface area contributed by atoms with Gasteiger partial charge in [0, 0.05) is 5.70 Å². The first-order valence-corrected chi connectivity index (χ1v) is 2.73. The molecule has 0 aromatic rings. The zero-order chi connectivity index (χ0) is 6.57. The average Bonchev–Trinajstić information content (AvgIpc) is 1.65. The molecule has 1 unspecified atom stereocenters. The first kappa shape index (κ1) is 7.28. The fraction of sp³-hybridized carbons (Fsp3) is 0.429. The molecule has 0 saturated heterocycles. The maximum Gasteiger partial charge on any atom is 0.00142 e. The summed E-state index contributed by atoms with van der Waals surface area (Å²) in [7, 11) is 0. The summed E-state index contributed by atoms with van der Waals surface area (Å²) in [6, 6.07) is 0. The third-order valence-corrected chi connectivity index (χ3v) is 0.898. The zero-order valence-corrected chi connectivity index (χ0v) is 5.52. The van der Waals surface area contributed by atoms with E-state index in [4.69, 9.17) is 5.73 Å². The van der Waals surface area contributed by atoms with Crippen LogP contribution in [-0.2, 0) is 0 Å². The van der Waals surface area contributed by atoms with Crippen LogP contribution in [0.3, 0.4) is 0 Å². The second kappa shape index (κ2) is 3.30. The Hall–Kier alpha value is -0.720. The molecule has 0 spiro atoms. The second-order valence-electron chi connectivity index (χ2n) is 2.01. The van der Waals surface area contributed by atoms with Gasteiger partial charge in [0.15, 0.2) is 0 Å². The van der Waals surface area contributed by atoms with Crippen LogP contribution in [0.1, 0.15) is 13.8 Å². The third kappa shape index (κ3) is 3.47. The van der Waals surface area contributed by atoms with Crippen molar-refractivity contribution in [3.8, 4) is 0 Å². The number of hydrogen-bond acceptors (Lipinski definition) is 1. The van der Waals surface area contributed by atoms with Gasteiger partial charge in [-0.15, -0.1) is 6.58 Å². The SMILES string of the molecule is C=CC(C)/C=C(/C)N.